The maximum absolute atomic E-state index is 12.7. The standard InChI is InChI=1S/C13H15Cl2NO4S/c1-20-13(17)9-4-3-7-16(8-9)21(18,19)12-10(14)5-2-6-11(12)15/h2,5-6,9H,3-4,7-8H2,1H3/t9-/m0/s1. The maximum Gasteiger partial charge on any atom is 0.309 e. The van der Waals surface area contributed by atoms with Gasteiger partial charge >= 0.3 is 5.97 Å². The van der Waals surface area contributed by atoms with Crippen molar-refractivity contribution in [1.29, 1.82) is 0 Å². The number of esters is 1. The van der Waals surface area contributed by atoms with E-state index in [4.69, 9.17) is 27.9 Å². The van der Waals surface area contributed by atoms with Crippen LogP contribution in [0.15, 0.2) is 23.1 Å². The molecular weight excluding hydrogens is 337 g/mol. The molecule has 0 amide bonds. The molecule has 1 atom stereocenters. The third kappa shape index (κ3) is 3.34. The van der Waals surface area contributed by atoms with Crippen LogP contribution in [0.5, 0.6) is 0 Å². The number of halogens is 2. The van der Waals surface area contributed by atoms with E-state index in [1.165, 1.54) is 23.5 Å². The highest BCUT2D eigenvalue weighted by atomic mass is 35.5. The Morgan fingerprint density at radius 2 is 1.95 bits per heavy atom. The van der Waals surface area contributed by atoms with Crippen molar-refractivity contribution in [3.63, 3.8) is 0 Å². The Morgan fingerprint density at radius 3 is 2.52 bits per heavy atom. The minimum Gasteiger partial charge on any atom is -0.469 e. The molecule has 2 rings (SSSR count). The Balaban J connectivity index is 2.33. The summed E-state index contributed by atoms with van der Waals surface area (Å²) in [7, 11) is -2.54. The number of piperidine rings is 1. The predicted octanol–water partition coefficient (Wildman–Crippen LogP) is 2.57. The first-order chi connectivity index (χ1) is 9.87. The molecule has 0 aromatic heterocycles. The van der Waals surface area contributed by atoms with E-state index in [1.807, 2.05) is 0 Å². The Kier molecular flexibility index (Phi) is 5.14. The van der Waals surface area contributed by atoms with Crippen LogP contribution in [-0.4, -0.2) is 38.9 Å². The van der Waals surface area contributed by atoms with Crippen LogP contribution >= 0.6 is 23.2 Å². The first-order valence-corrected chi connectivity index (χ1v) is 8.59. The van der Waals surface area contributed by atoms with Gasteiger partial charge in [0.2, 0.25) is 10.0 Å². The van der Waals surface area contributed by atoms with E-state index >= 15 is 0 Å². The smallest absolute Gasteiger partial charge is 0.309 e. The molecule has 1 aliphatic rings. The van der Waals surface area contributed by atoms with E-state index in [0.717, 1.165) is 0 Å². The fraction of sp³-hybridized carbons (Fsp3) is 0.462. The van der Waals surface area contributed by atoms with Gasteiger partial charge in [-0.25, -0.2) is 8.42 Å². The molecular formula is C13H15Cl2NO4S. The van der Waals surface area contributed by atoms with E-state index in [1.54, 1.807) is 6.07 Å². The van der Waals surface area contributed by atoms with Gasteiger partial charge in [0.15, 0.2) is 0 Å². The molecule has 21 heavy (non-hydrogen) atoms. The number of ether oxygens (including phenoxy) is 1. The molecule has 5 nitrogen and oxygen atoms in total. The second-order valence-corrected chi connectivity index (χ2v) is 7.47. The van der Waals surface area contributed by atoms with Crippen LogP contribution in [0.3, 0.4) is 0 Å². The minimum atomic E-state index is -3.84. The van der Waals surface area contributed by atoms with Crippen LogP contribution in [0.4, 0.5) is 0 Å². The number of benzene rings is 1. The lowest BCUT2D eigenvalue weighted by Crippen LogP contribution is -2.42. The van der Waals surface area contributed by atoms with Gasteiger partial charge in [0.05, 0.1) is 23.1 Å². The summed E-state index contributed by atoms with van der Waals surface area (Å²) >= 11 is 12.0. The predicted molar refractivity (Wildman–Crippen MR) is 80.0 cm³/mol. The highest BCUT2D eigenvalue weighted by Crippen LogP contribution is 2.33. The zero-order valence-corrected chi connectivity index (χ0v) is 13.7. The highest BCUT2D eigenvalue weighted by molar-refractivity contribution is 7.89. The average Bonchev–Trinajstić information content (AvgIpc) is 2.46. The molecule has 1 heterocycles. The summed E-state index contributed by atoms with van der Waals surface area (Å²) in [6.45, 7) is 0.411. The topological polar surface area (TPSA) is 63.7 Å². The molecule has 1 fully saturated rings. The van der Waals surface area contributed by atoms with Crippen LogP contribution < -0.4 is 0 Å². The average molecular weight is 352 g/mol. The summed E-state index contributed by atoms with van der Waals surface area (Å²) in [5, 5.41) is 0.144. The van der Waals surface area contributed by atoms with Gasteiger partial charge < -0.3 is 4.74 Å². The Bertz CT molecular complexity index is 627. The molecule has 0 unspecified atom stereocenters. The summed E-state index contributed by atoms with van der Waals surface area (Å²) < 4.78 is 31.3. The number of hydrogen-bond acceptors (Lipinski definition) is 4. The van der Waals surface area contributed by atoms with Crippen LogP contribution in [0.2, 0.25) is 10.0 Å². The fourth-order valence-corrected chi connectivity index (χ4v) is 4.99. The molecule has 116 valence electrons. The maximum atomic E-state index is 12.7. The molecule has 8 heteroatoms. The largest absolute Gasteiger partial charge is 0.469 e. The van der Waals surface area contributed by atoms with Gasteiger partial charge in [0, 0.05) is 13.1 Å². The van der Waals surface area contributed by atoms with Crippen molar-refractivity contribution in [3.8, 4) is 0 Å². The third-order valence-corrected chi connectivity index (χ3v) is 6.26. The van der Waals surface area contributed by atoms with Gasteiger partial charge in [-0.05, 0) is 25.0 Å². The number of carbonyl (C=O) groups excluding carboxylic acids is 1. The molecule has 0 saturated carbocycles. The Labute approximate surface area is 133 Å². The lowest BCUT2D eigenvalue weighted by molar-refractivity contribution is -0.146. The molecule has 1 saturated heterocycles. The van der Waals surface area contributed by atoms with Crippen LogP contribution in [-0.2, 0) is 19.6 Å². The van der Waals surface area contributed by atoms with E-state index < -0.39 is 21.9 Å². The van der Waals surface area contributed by atoms with E-state index in [9.17, 15) is 13.2 Å². The molecule has 0 aliphatic carbocycles. The first kappa shape index (κ1) is 16.5. The van der Waals surface area contributed by atoms with Gasteiger partial charge in [-0.2, -0.15) is 4.31 Å². The normalized spacial score (nSPS) is 20.2. The molecule has 1 aliphatic heterocycles. The summed E-state index contributed by atoms with van der Waals surface area (Å²) in [6.07, 6.45) is 1.19. The summed E-state index contributed by atoms with van der Waals surface area (Å²) in [5.41, 5.74) is 0. The van der Waals surface area contributed by atoms with Crippen molar-refractivity contribution in [2.75, 3.05) is 20.2 Å². The molecule has 1 aromatic rings. The van der Waals surface area contributed by atoms with Crippen LogP contribution in [0, 0.1) is 5.92 Å². The van der Waals surface area contributed by atoms with Crippen molar-refractivity contribution < 1.29 is 17.9 Å². The van der Waals surface area contributed by atoms with E-state index in [-0.39, 0.29) is 21.5 Å². The number of hydrogen-bond donors (Lipinski definition) is 0. The zero-order valence-electron chi connectivity index (χ0n) is 11.4. The van der Waals surface area contributed by atoms with Crippen molar-refractivity contribution >= 4 is 39.2 Å². The fourth-order valence-electron chi connectivity index (χ4n) is 2.38. The molecule has 0 bridgehead atoms. The Morgan fingerprint density at radius 1 is 1.33 bits per heavy atom. The minimum absolute atomic E-state index is 0.0719. The van der Waals surface area contributed by atoms with Gasteiger partial charge in [-0.1, -0.05) is 29.3 Å². The molecule has 0 spiro atoms. The number of carbonyl (C=O) groups is 1. The summed E-state index contributed by atoms with van der Waals surface area (Å²) in [6, 6.07) is 4.53. The molecule has 1 aromatic carbocycles. The van der Waals surface area contributed by atoms with Crippen LogP contribution in [0.1, 0.15) is 12.8 Å². The number of nitrogens with zero attached hydrogens (tertiary/aromatic N) is 1. The lowest BCUT2D eigenvalue weighted by atomic mass is 10.0. The zero-order chi connectivity index (χ0) is 15.6. The van der Waals surface area contributed by atoms with Crippen molar-refractivity contribution in [2.45, 2.75) is 17.7 Å². The Hall–Kier alpha value is -0.820. The quantitative estimate of drug-likeness (QED) is 0.785. The first-order valence-electron chi connectivity index (χ1n) is 6.40. The second-order valence-electron chi connectivity index (χ2n) is 4.78. The lowest BCUT2D eigenvalue weighted by Gasteiger charge is -2.30. The van der Waals surface area contributed by atoms with Crippen molar-refractivity contribution in [3.05, 3.63) is 28.2 Å². The number of rotatable bonds is 3. The summed E-state index contributed by atoms with van der Waals surface area (Å²) in [4.78, 5) is 11.5. The van der Waals surface area contributed by atoms with E-state index in [0.29, 0.717) is 19.4 Å². The SMILES string of the molecule is COC(=O)[C@H]1CCCN(S(=O)(=O)c2c(Cl)cccc2Cl)C1. The third-order valence-electron chi connectivity index (χ3n) is 3.44. The van der Waals surface area contributed by atoms with Gasteiger partial charge in [-0.15, -0.1) is 0 Å². The van der Waals surface area contributed by atoms with Gasteiger partial charge in [0.25, 0.3) is 0 Å². The van der Waals surface area contributed by atoms with Gasteiger partial charge in [-0.3, -0.25) is 4.79 Å². The molecule has 0 N–H and O–H groups in total. The number of sulfonamides is 1. The van der Waals surface area contributed by atoms with Gasteiger partial charge in [0.1, 0.15) is 4.90 Å². The van der Waals surface area contributed by atoms with Crippen LogP contribution in [0.25, 0.3) is 0 Å². The summed E-state index contributed by atoms with van der Waals surface area (Å²) in [5.74, 6) is -0.861. The van der Waals surface area contributed by atoms with Crippen molar-refractivity contribution in [2.24, 2.45) is 5.92 Å². The monoisotopic (exact) mass is 351 g/mol. The van der Waals surface area contributed by atoms with Crippen molar-refractivity contribution in [1.82, 2.24) is 4.31 Å². The second kappa shape index (κ2) is 6.52. The van der Waals surface area contributed by atoms with E-state index in [2.05, 4.69) is 0 Å². The highest BCUT2D eigenvalue weighted by Gasteiger charge is 2.35. The number of methoxy groups -OCH3 is 1. The molecule has 0 radical (unpaired) electrons.